The Bertz CT molecular complexity index is 933. The molecular weight excluding hydrogens is 376 g/mol. The largest absolute Gasteiger partial charge is 0.325 e. The number of hydrogen-bond donors (Lipinski definition) is 2. The number of nitrogens with one attached hydrogen (secondary N) is 2. The van der Waals surface area contributed by atoms with Crippen molar-refractivity contribution in [1.82, 2.24) is 9.97 Å². The maximum absolute atomic E-state index is 12.6. The summed E-state index contributed by atoms with van der Waals surface area (Å²) in [6, 6.07) is 0.956. The molecule has 8 nitrogen and oxygen atoms in total. The third-order valence-electron chi connectivity index (χ3n) is 4.13. The van der Waals surface area contributed by atoms with Crippen molar-refractivity contribution in [1.29, 1.82) is 0 Å². The summed E-state index contributed by atoms with van der Waals surface area (Å²) in [5.74, 6) is -0.0430. The summed E-state index contributed by atoms with van der Waals surface area (Å²) < 4.78 is 23.0. The van der Waals surface area contributed by atoms with Crippen LogP contribution in [0.3, 0.4) is 0 Å². The summed E-state index contributed by atoms with van der Waals surface area (Å²) in [4.78, 5) is 32.7. The van der Waals surface area contributed by atoms with Crippen molar-refractivity contribution in [2.24, 2.45) is 5.92 Å². The molecule has 26 heavy (non-hydrogen) atoms. The van der Waals surface area contributed by atoms with Crippen LogP contribution in [0.2, 0.25) is 0 Å². The zero-order valence-corrected chi connectivity index (χ0v) is 15.7. The second kappa shape index (κ2) is 7.50. The van der Waals surface area contributed by atoms with Gasteiger partial charge < -0.3 is 5.32 Å². The molecule has 1 aliphatic carbocycles. The zero-order valence-electron chi connectivity index (χ0n) is 14.1. The van der Waals surface area contributed by atoms with Crippen LogP contribution in [-0.4, -0.2) is 36.5 Å². The molecule has 0 unspecified atom stereocenters. The van der Waals surface area contributed by atoms with Crippen LogP contribution in [0.1, 0.15) is 36.0 Å². The minimum atomic E-state index is -3.37. The van der Waals surface area contributed by atoms with E-state index in [1.54, 1.807) is 6.07 Å². The molecule has 0 bridgehead atoms. The summed E-state index contributed by atoms with van der Waals surface area (Å²) in [6.07, 6.45) is 8.99. The summed E-state index contributed by atoms with van der Waals surface area (Å²) >= 11 is 0.859. The topological polar surface area (TPSA) is 118 Å². The van der Waals surface area contributed by atoms with Crippen LogP contribution in [0, 0.1) is 5.92 Å². The van der Waals surface area contributed by atoms with E-state index in [-0.39, 0.29) is 21.0 Å². The Kier molecular flexibility index (Phi) is 5.33. The number of urea groups is 1. The van der Waals surface area contributed by atoms with Gasteiger partial charge in [0.15, 0.2) is 20.8 Å². The van der Waals surface area contributed by atoms with Gasteiger partial charge in [-0.15, -0.1) is 0 Å². The average Bonchev–Trinajstić information content (AvgIpc) is 3.25. The Balaban J connectivity index is 1.71. The van der Waals surface area contributed by atoms with Gasteiger partial charge in [0.2, 0.25) is 0 Å². The van der Waals surface area contributed by atoms with Gasteiger partial charge in [0.1, 0.15) is 4.21 Å². The summed E-state index contributed by atoms with van der Waals surface area (Å²) in [5, 5.41) is 5.25. The van der Waals surface area contributed by atoms with Gasteiger partial charge in [-0.3, -0.25) is 15.1 Å². The number of hydrogen-bond acceptors (Lipinski definition) is 7. The lowest BCUT2D eigenvalue weighted by atomic mass is 9.96. The first-order valence-electron chi connectivity index (χ1n) is 8.06. The lowest BCUT2D eigenvalue weighted by Gasteiger charge is -2.13. The number of amides is 2. The first-order chi connectivity index (χ1) is 12.3. The van der Waals surface area contributed by atoms with Gasteiger partial charge in [-0.05, 0) is 18.9 Å². The molecule has 0 saturated heterocycles. The van der Waals surface area contributed by atoms with Gasteiger partial charge >= 0.3 is 6.03 Å². The van der Waals surface area contributed by atoms with E-state index in [9.17, 15) is 18.0 Å². The monoisotopic (exact) mass is 394 g/mol. The fourth-order valence-corrected chi connectivity index (χ4v) is 4.48. The van der Waals surface area contributed by atoms with Gasteiger partial charge in [-0.25, -0.2) is 18.2 Å². The van der Waals surface area contributed by atoms with E-state index in [1.807, 2.05) is 0 Å². The lowest BCUT2D eigenvalue weighted by molar-refractivity contribution is 0.0923. The second-order valence-electron chi connectivity index (χ2n) is 6.10. The molecule has 2 amide bonds. The van der Waals surface area contributed by atoms with E-state index < -0.39 is 15.9 Å². The van der Waals surface area contributed by atoms with Gasteiger partial charge in [0, 0.05) is 24.6 Å². The molecule has 2 heterocycles. The molecule has 1 saturated carbocycles. The van der Waals surface area contributed by atoms with Crippen LogP contribution < -0.4 is 10.6 Å². The third kappa shape index (κ3) is 4.25. The van der Waals surface area contributed by atoms with Crippen molar-refractivity contribution in [3.05, 3.63) is 30.2 Å². The number of rotatable bonds is 5. The number of anilines is 2. The van der Waals surface area contributed by atoms with E-state index in [2.05, 4.69) is 20.6 Å². The fourth-order valence-electron chi connectivity index (χ4n) is 2.85. The van der Waals surface area contributed by atoms with Crippen LogP contribution in [0.4, 0.5) is 15.6 Å². The highest BCUT2D eigenvalue weighted by Crippen LogP contribution is 2.30. The molecule has 138 valence electrons. The predicted molar refractivity (Wildman–Crippen MR) is 98.4 cm³/mol. The van der Waals surface area contributed by atoms with Crippen molar-refractivity contribution in [3.8, 4) is 0 Å². The van der Waals surface area contributed by atoms with E-state index in [4.69, 9.17) is 0 Å². The molecule has 0 aromatic carbocycles. The first-order valence-corrected chi connectivity index (χ1v) is 10.8. The molecular formula is C16H18N4O4S2. The number of Topliss-reactive ketones (excluding diaryl/α,β-unsaturated/α-hetero) is 1. The SMILES string of the molecule is CS(=O)(=O)c1cnc(NC(=O)Nc2ccncc2C(=O)C2CCCC2)s1. The molecule has 10 heteroatoms. The predicted octanol–water partition coefficient (Wildman–Crippen LogP) is 2.96. The van der Waals surface area contributed by atoms with Crippen LogP contribution in [-0.2, 0) is 9.84 Å². The standard InChI is InChI=1S/C16H18N4O4S2/c1-26(23,24)13-9-18-16(25-13)20-15(22)19-12-6-7-17-8-11(12)14(21)10-4-2-3-5-10/h6-10H,2-5H2,1H3,(H2,17,18,19,20,22). The number of pyridine rings is 1. The van der Waals surface area contributed by atoms with E-state index >= 15 is 0 Å². The Morgan fingerprint density at radius 2 is 1.92 bits per heavy atom. The Labute approximate surface area is 155 Å². The molecule has 2 N–H and O–H groups in total. The van der Waals surface area contributed by atoms with Crippen LogP contribution in [0.25, 0.3) is 0 Å². The van der Waals surface area contributed by atoms with Gasteiger partial charge in [0.25, 0.3) is 0 Å². The van der Waals surface area contributed by atoms with Crippen molar-refractivity contribution in [3.63, 3.8) is 0 Å². The Hall–Kier alpha value is -2.33. The molecule has 0 aliphatic heterocycles. The van der Waals surface area contributed by atoms with E-state index in [1.165, 1.54) is 18.6 Å². The minimum absolute atomic E-state index is 0.0143. The number of ketones is 1. The smallest absolute Gasteiger partial charge is 0.307 e. The average molecular weight is 394 g/mol. The molecule has 0 atom stereocenters. The maximum Gasteiger partial charge on any atom is 0.325 e. The number of nitrogens with zero attached hydrogens (tertiary/aromatic N) is 2. The number of aromatic nitrogens is 2. The molecule has 2 aromatic heterocycles. The molecule has 2 aromatic rings. The van der Waals surface area contributed by atoms with Crippen LogP contribution in [0.5, 0.6) is 0 Å². The van der Waals surface area contributed by atoms with Gasteiger partial charge in [0.05, 0.1) is 17.4 Å². The van der Waals surface area contributed by atoms with Crippen molar-refractivity contribution in [2.45, 2.75) is 29.9 Å². The Morgan fingerprint density at radius 1 is 1.19 bits per heavy atom. The highest BCUT2D eigenvalue weighted by molar-refractivity contribution is 7.92. The number of sulfone groups is 1. The van der Waals surface area contributed by atoms with Crippen molar-refractivity contribution >= 4 is 43.8 Å². The van der Waals surface area contributed by atoms with Crippen LogP contribution >= 0.6 is 11.3 Å². The van der Waals surface area contributed by atoms with Gasteiger partial charge in [-0.2, -0.15) is 0 Å². The highest BCUT2D eigenvalue weighted by atomic mass is 32.2. The Morgan fingerprint density at radius 3 is 2.58 bits per heavy atom. The third-order valence-corrected chi connectivity index (χ3v) is 6.83. The molecule has 3 rings (SSSR count). The van der Waals surface area contributed by atoms with E-state index in [0.717, 1.165) is 43.3 Å². The van der Waals surface area contributed by atoms with Gasteiger partial charge in [-0.1, -0.05) is 24.2 Å². The first kappa shape index (κ1) is 18.5. The number of carbonyl (C=O) groups excluding carboxylic acids is 2. The quantitative estimate of drug-likeness (QED) is 0.753. The summed E-state index contributed by atoms with van der Waals surface area (Å²) in [5.41, 5.74) is 0.750. The minimum Gasteiger partial charge on any atom is -0.307 e. The molecule has 0 spiro atoms. The van der Waals surface area contributed by atoms with Crippen LogP contribution in [0.15, 0.2) is 28.9 Å². The second-order valence-corrected chi connectivity index (χ2v) is 9.38. The highest BCUT2D eigenvalue weighted by Gasteiger charge is 2.26. The summed E-state index contributed by atoms with van der Waals surface area (Å²) in [6.45, 7) is 0. The van der Waals surface area contributed by atoms with E-state index in [0.29, 0.717) is 11.3 Å². The molecule has 1 fully saturated rings. The lowest BCUT2D eigenvalue weighted by Crippen LogP contribution is -2.22. The number of thiazole rings is 1. The van der Waals surface area contributed by atoms with Crippen molar-refractivity contribution in [2.75, 3.05) is 16.9 Å². The molecule has 1 aliphatic rings. The number of carbonyl (C=O) groups is 2. The maximum atomic E-state index is 12.6. The zero-order chi connectivity index (χ0) is 18.7. The summed E-state index contributed by atoms with van der Waals surface area (Å²) in [7, 11) is -3.37. The molecule has 0 radical (unpaired) electrons. The normalized spacial score (nSPS) is 15.0. The van der Waals surface area contributed by atoms with Crippen molar-refractivity contribution < 1.29 is 18.0 Å². The fraction of sp³-hybridized carbons (Fsp3) is 0.375.